The molecule has 2 heterocycles. The maximum Gasteiger partial charge on any atom is 0.312 e. The first-order valence-electron chi connectivity index (χ1n) is 9.52. The molecule has 0 spiro atoms. The van der Waals surface area contributed by atoms with Crippen molar-refractivity contribution in [3.05, 3.63) is 70.1 Å². The van der Waals surface area contributed by atoms with E-state index in [0.29, 0.717) is 16.5 Å². The van der Waals surface area contributed by atoms with Crippen LogP contribution in [0.3, 0.4) is 0 Å². The molecule has 29 heavy (non-hydrogen) atoms. The number of ether oxygens (including phenoxy) is 1. The lowest BCUT2D eigenvalue weighted by molar-refractivity contribution is -0.153. The summed E-state index contributed by atoms with van der Waals surface area (Å²) in [6, 6.07) is 14.7. The van der Waals surface area contributed by atoms with Crippen LogP contribution in [0, 0.1) is 0 Å². The van der Waals surface area contributed by atoms with E-state index < -0.39 is 12.1 Å². The number of anilines is 1. The summed E-state index contributed by atoms with van der Waals surface area (Å²) in [6.45, 7) is 3.55. The quantitative estimate of drug-likeness (QED) is 0.690. The predicted octanol–water partition coefficient (Wildman–Crippen LogP) is 2.38. The third kappa shape index (κ3) is 3.51. The average molecular weight is 391 g/mol. The van der Waals surface area contributed by atoms with Crippen molar-refractivity contribution in [3.63, 3.8) is 0 Å². The molecule has 0 aliphatic carbocycles. The summed E-state index contributed by atoms with van der Waals surface area (Å²) in [5, 5.41) is 7.43. The number of benzene rings is 2. The van der Waals surface area contributed by atoms with E-state index in [4.69, 9.17) is 4.74 Å². The van der Waals surface area contributed by atoms with Gasteiger partial charge in [-0.25, -0.2) is 5.10 Å². The summed E-state index contributed by atoms with van der Waals surface area (Å²) in [5.74, 6) is -0.828. The van der Waals surface area contributed by atoms with E-state index >= 15 is 0 Å². The standard InChI is InChI=1S/C22H21N3O4/c1-13-11-15-7-3-6-10-19(15)25(13)22(28)14(2)29-20(26)12-18-16-8-4-5-9-17(16)21(27)24-23-18/h3-10,13-14H,11-12H2,1-2H3,(H,24,27)/t13-,14-/m0/s1. The predicted molar refractivity (Wildman–Crippen MR) is 109 cm³/mol. The Morgan fingerprint density at radius 2 is 1.86 bits per heavy atom. The summed E-state index contributed by atoms with van der Waals surface area (Å²) in [5.41, 5.74) is 2.06. The smallest absolute Gasteiger partial charge is 0.312 e. The number of hydrogen-bond acceptors (Lipinski definition) is 5. The van der Waals surface area contributed by atoms with Gasteiger partial charge >= 0.3 is 5.97 Å². The number of fused-ring (bicyclic) bond motifs is 2. The lowest BCUT2D eigenvalue weighted by atomic mass is 10.1. The number of esters is 1. The number of hydrogen-bond donors (Lipinski definition) is 1. The molecule has 2 atom stereocenters. The number of nitrogens with zero attached hydrogens (tertiary/aromatic N) is 2. The van der Waals surface area contributed by atoms with Crippen LogP contribution in [0.5, 0.6) is 0 Å². The van der Waals surface area contributed by atoms with Gasteiger partial charge in [-0.2, -0.15) is 5.10 Å². The van der Waals surface area contributed by atoms with Crippen LogP contribution in [0.15, 0.2) is 53.3 Å². The second-order valence-corrected chi connectivity index (χ2v) is 7.24. The van der Waals surface area contributed by atoms with Gasteiger partial charge in [0.1, 0.15) is 0 Å². The van der Waals surface area contributed by atoms with E-state index in [0.717, 1.165) is 17.7 Å². The van der Waals surface area contributed by atoms with Crippen LogP contribution in [0.2, 0.25) is 0 Å². The van der Waals surface area contributed by atoms with Gasteiger partial charge in [-0.3, -0.25) is 14.4 Å². The van der Waals surface area contributed by atoms with Gasteiger partial charge in [0.25, 0.3) is 11.5 Å². The zero-order valence-electron chi connectivity index (χ0n) is 16.2. The number of aromatic amines is 1. The van der Waals surface area contributed by atoms with E-state index in [9.17, 15) is 14.4 Å². The van der Waals surface area contributed by atoms with Crippen molar-refractivity contribution >= 4 is 28.3 Å². The number of carbonyl (C=O) groups excluding carboxylic acids is 2. The molecule has 3 aromatic rings. The Hall–Kier alpha value is -3.48. The van der Waals surface area contributed by atoms with Crippen LogP contribution in [-0.2, 0) is 27.2 Å². The number of carbonyl (C=O) groups is 2. The topological polar surface area (TPSA) is 92.4 Å². The molecule has 4 rings (SSSR count). The highest BCUT2D eigenvalue weighted by atomic mass is 16.5. The van der Waals surface area contributed by atoms with Crippen LogP contribution < -0.4 is 10.5 Å². The van der Waals surface area contributed by atoms with Gasteiger partial charge in [-0.15, -0.1) is 0 Å². The van der Waals surface area contributed by atoms with E-state index in [2.05, 4.69) is 10.2 Å². The highest BCUT2D eigenvalue weighted by Crippen LogP contribution is 2.32. The summed E-state index contributed by atoms with van der Waals surface area (Å²) < 4.78 is 5.41. The number of nitrogens with one attached hydrogen (secondary N) is 1. The van der Waals surface area contributed by atoms with Crippen molar-refractivity contribution < 1.29 is 14.3 Å². The molecular formula is C22H21N3O4. The largest absolute Gasteiger partial charge is 0.452 e. The van der Waals surface area contributed by atoms with E-state index in [-0.39, 0.29) is 23.9 Å². The molecule has 1 aromatic heterocycles. The van der Waals surface area contributed by atoms with Crippen LogP contribution in [0.1, 0.15) is 25.1 Å². The lowest BCUT2D eigenvalue weighted by Crippen LogP contribution is -2.43. The maximum absolute atomic E-state index is 12.9. The van der Waals surface area contributed by atoms with Crippen molar-refractivity contribution in [2.45, 2.75) is 38.8 Å². The average Bonchev–Trinajstić information content (AvgIpc) is 3.05. The van der Waals surface area contributed by atoms with Gasteiger partial charge in [0, 0.05) is 17.1 Å². The molecule has 7 nitrogen and oxygen atoms in total. The molecule has 0 radical (unpaired) electrons. The molecule has 148 valence electrons. The Kier molecular flexibility index (Phi) is 4.88. The van der Waals surface area contributed by atoms with E-state index in [1.807, 2.05) is 31.2 Å². The number of para-hydroxylation sites is 1. The maximum atomic E-state index is 12.9. The first kappa shape index (κ1) is 18.9. The fourth-order valence-electron chi connectivity index (χ4n) is 3.83. The van der Waals surface area contributed by atoms with Gasteiger partial charge in [0.05, 0.1) is 17.5 Å². The minimum Gasteiger partial charge on any atom is -0.452 e. The molecule has 0 saturated carbocycles. The molecule has 0 unspecified atom stereocenters. The molecule has 0 fully saturated rings. The van der Waals surface area contributed by atoms with Crippen molar-refractivity contribution in [1.82, 2.24) is 10.2 Å². The van der Waals surface area contributed by atoms with Crippen LogP contribution >= 0.6 is 0 Å². The van der Waals surface area contributed by atoms with E-state index in [1.54, 1.807) is 36.1 Å². The van der Waals surface area contributed by atoms with Crippen LogP contribution in [0.4, 0.5) is 5.69 Å². The Morgan fingerprint density at radius 3 is 2.66 bits per heavy atom. The summed E-state index contributed by atoms with van der Waals surface area (Å²) in [6.07, 6.45) is -0.290. The van der Waals surface area contributed by atoms with Crippen molar-refractivity contribution in [2.24, 2.45) is 0 Å². The minimum absolute atomic E-state index is 0.00543. The third-order valence-electron chi connectivity index (χ3n) is 5.19. The van der Waals surface area contributed by atoms with Gasteiger partial charge in [0.15, 0.2) is 6.10 Å². The first-order valence-corrected chi connectivity index (χ1v) is 9.52. The molecule has 0 bridgehead atoms. The number of amides is 1. The van der Waals surface area contributed by atoms with Gasteiger partial charge in [-0.1, -0.05) is 36.4 Å². The second kappa shape index (κ2) is 7.50. The first-order chi connectivity index (χ1) is 14.0. The monoisotopic (exact) mass is 391 g/mol. The van der Waals surface area contributed by atoms with Crippen molar-refractivity contribution in [2.75, 3.05) is 4.90 Å². The molecule has 1 aliphatic heterocycles. The molecule has 1 amide bonds. The Morgan fingerprint density at radius 1 is 1.17 bits per heavy atom. The van der Waals surface area contributed by atoms with Crippen molar-refractivity contribution in [3.8, 4) is 0 Å². The summed E-state index contributed by atoms with van der Waals surface area (Å²) >= 11 is 0. The van der Waals surface area contributed by atoms with Gasteiger partial charge in [0.2, 0.25) is 0 Å². The molecule has 2 aromatic carbocycles. The Bertz CT molecular complexity index is 1150. The third-order valence-corrected chi connectivity index (χ3v) is 5.19. The van der Waals surface area contributed by atoms with E-state index in [1.165, 1.54) is 0 Å². The Labute approximate surface area is 167 Å². The number of H-pyrrole nitrogens is 1. The zero-order valence-corrected chi connectivity index (χ0v) is 16.2. The number of aromatic nitrogens is 2. The summed E-state index contributed by atoms with van der Waals surface area (Å²) in [7, 11) is 0. The Balaban J connectivity index is 1.49. The molecule has 0 saturated heterocycles. The summed E-state index contributed by atoms with van der Waals surface area (Å²) in [4.78, 5) is 39.0. The fourth-order valence-corrected chi connectivity index (χ4v) is 3.83. The lowest BCUT2D eigenvalue weighted by Gasteiger charge is -2.25. The van der Waals surface area contributed by atoms with Gasteiger partial charge in [-0.05, 0) is 38.0 Å². The highest BCUT2D eigenvalue weighted by molar-refractivity contribution is 6.00. The number of rotatable bonds is 4. The normalized spacial score (nSPS) is 16.5. The van der Waals surface area contributed by atoms with Crippen LogP contribution in [0.25, 0.3) is 10.8 Å². The van der Waals surface area contributed by atoms with Crippen molar-refractivity contribution in [1.29, 1.82) is 0 Å². The molecular weight excluding hydrogens is 370 g/mol. The SMILES string of the molecule is C[C@H](OC(=O)Cc1n[nH]c(=O)c2ccccc12)C(=O)N1c2ccccc2C[C@@H]1C. The second-order valence-electron chi connectivity index (χ2n) is 7.24. The van der Waals surface area contributed by atoms with Gasteiger partial charge < -0.3 is 9.64 Å². The minimum atomic E-state index is -0.926. The molecule has 7 heteroatoms. The fraction of sp³-hybridized carbons (Fsp3) is 0.273. The highest BCUT2D eigenvalue weighted by Gasteiger charge is 2.34. The molecule has 1 N–H and O–H groups in total. The zero-order chi connectivity index (χ0) is 20.5. The molecule has 1 aliphatic rings. The van der Waals surface area contributed by atoms with Crippen LogP contribution in [-0.4, -0.2) is 34.2 Å².